The van der Waals surface area contributed by atoms with Crippen LogP contribution in [-0.2, 0) is 0 Å². The second-order valence-corrected chi connectivity index (χ2v) is 6.61. The smallest absolute Gasteiger partial charge is 0.0557 e. The summed E-state index contributed by atoms with van der Waals surface area (Å²) < 4.78 is 0. The lowest BCUT2D eigenvalue weighted by Gasteiger charge is -2.34. The molecule has 2 aromatic carbocycles. The van der Waals surface area contributed by atoms with E-state index < -0.39 is 0 Å². The molecular weight excluding hydrogens is 353 g/mol. The molecule has 1 aliphatic rings. The molecule has 0 amide bonds. The van der Waals surface area contributed by atoms with Crippen molar-refractivity contribution in [1.82, 2.24) is 5.01 Å². The number of benzene rings is 2. The van der Waals surface area contributed by atoms with Gasteiger partial charge in [0.25, 0.3) is 0 Å². The van der Waals surface area contributed by atoms with E-state index >= 15 is 0 Å². The summed E-state index contributed by atoms with van der Waals surface area (Å²) in [4.78, 5) is 2.33. The number of rotatable bonds is 3. The Labute approximate surface area is 151 Å². The molecule has 6 heteroatoms. The van der Waals surface area contributed by atoms with Crippen molar-refractivity contribution in [2.24, 2.45) is 5.10 Å². The maximum atomic E-state index is 6.15. The summed E-state index contributed by atoms with van der Waals surface area (Å²) in [6.45, 7) is 3.58. The van der Waals surface area contributed by atoms with Gasteiger partial charge in [0.15, 0.2) is 0 Å². The van der Waals surface area contributed by atoms with E-state index in [2.05, 4.69) is 27.1 Å². The zero-order valence-electron chi connectivity index (χ0n) is 12.4. The van der Waals surface area contributed by atoms with Gasteiger partial charge < -0.3 is 4.90 Å². The third kappa shape index (κ3) is 4.31. The number of hydrogen-bond donors (Lipinski definition) is 0. The van der Waals surface area contributed by atoms with E-state index in [1.165, 1.54) is 5.69 Å². The highest BCUT2D eigenvalue weighted by Crippen LogP contribution is 2.21. The second-order valence-electron chi connectivity index (χ2n) is 5.33. The molecule has 0 aromatic heterocycles. The first-order valence-electron chi connectivity index (χ1n) is 7.36. The molecule has 0 N–H and O–H groups in total. The maximum Gasteiger partial charge on any atom is 0.0557 e. The zero-order chi connectivity index (χ0) is 16.2. The van der Waals surface area contributed by atoms with Crippen molar-refractivity contribution in [1.29, 1.82) is 0 Å². The lowest BCUT2D eigenvalue weighted by atomic mass is 10.2. The number of hydrogen-bond acceptors (Lipinski definition) is 3. The molecule has 0 saturated carbocycles. The SMILES string of the molecule is Clc1ccc(N2CCN(N=Cc3ccc(Cl)cc3Cl)CC2)cc1. The number of piperazine rings is 1. The molecule has 0 unspecified atom stereocenters. The highest BCUT2D eigenvalue weighted by atomic mass is 35.5. The van der Waals surface area contributed by atoms with Crippen LogP contribution in [0, 0.1) is 0 Å². The summed E-state index contributed by atoms with van der Waals surface area (Å²) in [6, 6.07) is 13.4. The molecule has 1 saturated heterocycles. The Bertz CT molecular complexity index is 693. The predicted molar refractivity (Wildman–Crippen MR) is 99.3 cm³/mol. The zero-order valence-corrected chi connectivity index (χ0v) is 14.7. The lowest BCUT2D eigenvalue weighted by molar-refractivity contribution is 0.272. The molecule has 3 rings (SSSR count). The van der Waals surface area contributed by atoms with Gasteiger partial charge in [-0.3, -0.25) is 5.01 Å². The van der Waals surface area contributed by atoms with Crippen LogP contribution in [0.15, 0.2) is 47.6 Å². The fourth-order valence-corrected chi connectivity index (χ4v) is 3.05. The minimum Gasteiger partial charge on any atom is -0.368 e. The van der Waals surface area contributed by atoms with Crippen LogP contribution < -0.4 is 4.90 Å². The van der Waals surface area contributed by atoms with Crippen LogP contribution in [0.5, 0.6) is 0 Å². The Morgan fingerprint density at radius 3 is 2.13 bits per heavy atom. The van der Waals surface area contributed by atoms with Gasteiger partial charge in [-0.15, -0.1) is 0 Å². The molecule has 23 heavy (non-hydrogen) atoms. The Morgan fingerprint density at radius 1 is 0.826 bits per heavy atom. The normalized spacial score (nSPS) is 15.4. The third-order valence-electron chi connectivity index (χ3n) is 3.77. The van der Waals surface area contributed by atoms with Crippen LogP contribution in [0.4, 0.5) is 5.69 Å². The highest BCUT2D eigenvalue weighted by Gasteiger charge is 2.15. The van der Waals surface area contributed by atoms with Crippen LogP contribution in [0.2, 0.25) is 15.1 Å². The van der Waals surface area contributed by atoms with Gasteiger partial charge in [-0.1, -0.05) is 40.9 Å². The van der Waals surface area contributed by atoms with E-state index in [0.717, 1.165) is 36.8 Å². The first-order chi connectivity index (χ1) is 11.1. The summed E-state index contributed by atoms with van der Waals surface area (Å²) in [7, 11) is 0. The van der Waals surface area contributed by atoms with E-state index in [0.29, 0.717) is 10.0 Å². The van der Waals surface area contributed by atoms with Crippen LogP contribution in [0.3, 0.4) is 0 Å². The quantitative estimate of drug-likeness (QED) is 0.724. The van der Waals surface area contributed by atoms with Crippen LogP contribution >= 0.6 is 34.8 Å². The van der Waals surface area contributed by atoms with Crippen molar-refractivity contribution in [2.75, 3.05) is 31.1 Å². The first kappa shape index (κ1) is 16.4. The molecule has 1 aliphatic heterocycles. The minimum atomic E-state index is 0.612. The van der Waals surface area contributed by atoms with E-state index in [1.807, 2.05) is 24.3 Å². The van der Waals surface area contributed by atoms with E-state index in [-0.39, 0.29) is 0 Å². The van der Waals surface area contributed by atoms with E-state index in [4.69, 9.17) is 34.8 Å². The van der Waals surface area contributed by atoms with Gasteiger partial charge in [-0.2, -0.15) is 5.10 Å². The molecule has 120 valence electrons. The Balaban J connectivity index is 1.58. The summed E-state index contributed by atoms with van der Waals surface area (Å²) >= 11 is 18.0. The minimum absolute atomic E-state index is 0.612. The molecule has 3 nitrogen and oxygen atoms in total. The van der Waals surface area contributed by atoms with Crippen molar-refractivity contribution in [3.05, 3.63) is 63.1 Å². The number of halogens is 3. The topological polar surface area (TPSA) is 18.8 Å². The van der Waals surface area contributed by atoms with Gasteiger partial charge in [0.1, 0.15) is 0 Å². The number of hydrazone groups is 1. The molecular formula is C17H16Cl3N3. The summed E-state index contributed by atoms with van der Waals surface area (Å²) in [5, 5.41) is 8.57. The van der Waals surface area contributed by atoms with Gasteiger partial charge >= 0.3 is 0 Å². The Hall–Kier alpha value is -1.42. The van der Waals surface area contributed by atoms with Gasteiger partial charge in [-0.25, -0.2) is 0 Å². The van der Waals surface area contributed by atoms with E-state index in [1.54, 1.807) is 12.3 Å². The van der Waals surface area contributed by atoms with E-state index in [9.17, 15) is 0 Å². The van der Waals surface area contributed by atoms with Gasteiger partial charge in [0.2, 0.25) is 0 Å². The lowest BCUT2D eigenvalue weighted by Crippen LogP contribution is -2.44. The Kier molecular flexibility index (Phi) is 5.31. The van der Waals surface area contributed by atoms with Gasteiger partial charge in [0, 0.05) is 34.4 Å². The molecule has 0 spiro atoms. The van der Waals surface area contributed by atoms with Gasteiger partial charge in [0.05, 0.1) is 24.3 Å². The average Bonchev–Trinajstić information content (AvgIpc) is 2.55. The van der Waals surface area contributed by atoms with Crippen LogP contribution in [0.25, 0.3) is 0 Å². The molecule has 1 fully saturated rings. The summed E-state index contributed by atoms with van der Waals surface area (Å²) in [5.74, 6) is 0. The fourth-order valence-electron chi connectivity index (χ4n) is 2.47. The molecule has 0 aliphatic carbocycles. The van der Waals surface area contributed by atoms with Gasteiger partial charge in [-0.05, 0) is 36.4 Å². The first-order valence-corrected chi connectivity index (χ1v) is 8.50. The molecule has 0 bridgehead atoms. The summed E-state index contributed by atoms with van der Waals surface area (Å²) in [6.07, 6.45) is 1.79. The monoisotopic (exact) mass is 367 g/mol. The number of anilines is 1. The largest absolute Gasteiger partial charge is 0.368 e. The molecule has 2 aromatic rings. The van der Waals surface area contributed by atoms with Crippen molar-refractivity contribution in [2.45, 2.75) is 0 Å². The second kappa shape index (κ2) is 7.43. The highest BCUT2D eigenvalue weighted by molar-refractivity contribution is 6.36. The average molecular weight is 369 g/mol. The number of nitrogens with zero attached hydrogens (tertiary/aromatic N) is 3. The third-order valence-corrected chi connectivity index (χ3v) is 4.58. The fraction of sp³-hybridized carbons (Fsp3) is 0.235. The standard InChI is InChI=1S/C17H16Cl3N3/c18-14-3-5-16(6-4-14)22-7-9-23(10-8-22)21-12-13-1-2-15(19)11-17(13)20/h1-6,11-12H,7-10H2. The predicted octanol–water partition coefficient (Wildman–Crippen LogP) is 4.80. The van der Waals surface area contributed by atoms with Crippen molar-refractivity contribution >= 4 is 46.7 Å². The molecule has 0 atom stereocenters. The Morgan fingerprint density at radius 2 is 1.48 bits per heavy atom. The van der Waals surface area contributed by atoms with Crippen molar-refractivity contribution in [3.63, 3.8) is 0 Å². The van der Waals surface area contributed by atoms with Crippen LogP contribution in [-0.4, -0.2) is 37.4 Å². The molecule has 0 radical (unpaired) electrons. The summed E-state index contributed by atoms with van der Waals surface area (Å²) in [5.41, 5.74) is 2.06. The molecule has 1 heterocycles. The van der Waals surface area contributed by atoms with Crippen LogP contribution in [0.1, 0.15) is 5.56 Å². The van der Waals surface area contributed by atoms with Crippen molar-refractivity contribution < 1.29 is 0 Å². The van der Waals surface area contributed by atoms with Crippen molar-refractivity contribution in [3.8, 4) is 0 Å². The maximum absolute atomic E-state index is 6.15.